The fourth-order valence-corrected chi connectivity index (χ4v) is 1.65. The van der Waals surface area contributed by atoms with Gasteiger partial charge >= 0.3 is 0 Å². The highest BCUT2D eigenvalue weighted by Crippen LogP contribution is 2.28. The summed E-state index contributed by atoms with van der Waals surface area (Å²) in [6, 6.07) is 11.5. The first-order valence-electron chi connectivity index (χ1n) is 6.59. The van der Waals surface area contributed by atoms with E-state index in [0.29, 0.717) is 17.8 Å². The van der Waals surface area contributed by atoms with Crippen LogP contribution in [0.5, 0.6) is 11.5 Å². The largest absolute Gasteiger partial charge is 0.457 e. The molecule has 21 heavy (non-hydrogen) atoms. The quantitative estimate of drug-likeness (QED) is 0.470. The van der Waals surface area contributed by atoms with Crippen LogP contribution >= 0.6 is 0 Å². The molecule has 0 saturated heterocycles. The predicted octanol–water partition coefficient (Wildman–Crippen LogP) is 4.53. The number of carbonyl (C=O) groups excluding carboxylic acids is 1. The fourth-order valence-electron chi connectivity index (χ4n) is 1.65. The fraction of sp³-hybridized carbons (Fsp3) is 0.188. The van der Waals surface area contributed by atoms with Gasteiger partial charge in [0.05, 0.1) is 10.5 Å². The normalized spacial score (nSPS) is 9.29. The predicted molar refractivity (Wildman–Crippen MR) is 81.1 cm³/mol. The number of para-hydroxylation sites is 1. The van der Waals surface area contributed by atoms with Crippen molar-refractivity contribution in [3.63, 3.8) is 0 Å². The van der Waals surface area contributed by atoms with E-state index >= 15 is 0 Å². The maximum Gasteiger partial charge on any atom is 0.280 e. The number of rotatable bonds is 4. The van der Waals surface area contributed by atoms with E-state index in [9.17, 15) is 14.9 Å². The first kappa shape index (κ1) is 16.4. The summed E-state index contributed by atoms with van der Waals surface area (Å²) in [4.78, 5) is 21.0. The zero-order valence-corrected chi connectivity index (χ0v) is 12.2. The second kappa shape index (κ2) is 7.79. The lowest BCUT2D eigenvalue weighted by atomic mass is 10.2. The van der Waals surface area contributed by atoms with E-state index in [-0.39, 0.29) is 11.3 Å². The Morgan fingerprint density at radius 1 is 1.14 bits per heavy atom. The molecule has 110 valence electrons. The number of nitrogens with zero attached hydrogens (tertiary/aromatic N) is 1. The van der Waals surface area contributed by atoms with E-state index in [1.54, 1.807) is 6.07 Å². The molecule has 0 heterocycles. The molecule has 0 atom stereocenters. The molecule has 2 rings (SSSR count). The van der Waals surface area contributed by atoms with Crippen molar-refractivity contribution in [1.82, 2.24) is 0 Å². The Morgan fingerprint density at radius 2 is 1.81 bits per heavy atom. The third-order valence-electron chi connectivity index (χ3n) is 2.64. The van der Waals surface area contributed by atoms with Gasteiger partial charge in [0.15, 0.2) is 6.29 Å². The van der Waals surface area contributed by atoms with Gasteiger partial charge in [-0.25, -0.2) is 0 Å². The lowest BCUT2D eigenvalue weighted by Crippen LogP contribution is -1.95. The molecular weight excluding hydrogens is 270 g/mol. The number of aldehydes is 1. The molecule has 0 unspecified atom stereocenters. The van der Waals surface area contributed by atoms with Gasteiger partial charge in [-0.05, 0) is 30.7 Å². The van der Waals surface area contributed by atoms with Crippen LogP contribution in [0.15, 0.2) is 42.5 Å². The summed E-state index contributed by atoms with van der Waals surface area (Å²) in [6.07, 6.45) is 0.447. The van der Waals surface area contributed by atoms with Crippen LogP contribution in [0.25, 0.3) is 0 Å². The Labute approximate surface area is 123 Å². The molecular formula is C16H17NO4. The Hall–Kier alpha value is -2.69. The Morgan fingerprint density at radius 3 is 2.38 bits per heavy atom. The van der Waals surface area contributed by atoms with Gasteiger partial charge in [-0.1, -0.05) is 32.0 Å². The first-order chi connectivity index (χ1) is 10.1. The SMILES string of the molecule is CC.Cc1ccccc1Oc1ccc([N+](=O)[O-])c(C=O)c1. The van der Waals surface area contributed by atoms with Crippen LogP contribution in [0.1, 0.15) is 29.8 Å². The van der Waals surface area contributed by atoms with Crippen molar-refractivity contribution in [3.05, 3.63) is 63.7 Å². The van der Waals surface area contributed by atoms with Crippen molar-refractivity contribution in [2.45, 2.75) is 20.8 Å². The average molecular weight is 287 g/mol. The minimum Gasteiger partial charge on any atom is -0.457 e. The van der Waals surface area contributed by atoms with E-state index in [1.807, 2.05) is 39.0 Å². The first-order valence-corrected chi connectivity index (χ1v) is 6.59. The number of nitro groups is 1. The summed E-state index contributed by atoms with van der Waals surface area (Å²) in [5.74, 6) is 1.04. The lowest BCUT2D eigenvalue weighted by molar-refractivity contribution is -0.385. The second-order valence-electron chi connectivity index (χ2n) is 3.96. The van der Waals surface area contributed by atoms with Gasteiger partial charge in [0, 0.05) is 6.07 Å². The molecule has 0 aromatic heterocycles. The number of hydrogen-bond acceptors (Lipinski definition) is 4. The third kappa shape index (κ3) is 4.14. The summed E-state index contributed by atoms with van der Waals surface area (Å²) in [5.41, 5.74) is 0.705. The van der Waals surface area contributed by atoms with Crippen LogP contribution in [0.2, 0.25) is 0 Å². The minimum atomic E-state index is -0.596. The van der Waals surface area contributed by atoms with E-state index in [0.717, 1.165) is 5.56 Å². The van der Waals surface area contributed by atoms with Gasteiger partial charge in [0.25, 0.3) is 5.69 Å². The van der Waals surface area contributed by atoms with Crippen molar-refractivity contribution in [2.24, 2.45) is 0 Å². The van der Waals surface area contributed by atoms with Gasteiger partial charge in [-0.3, -0.25) is 14.9 Å². The topological polar surface area (TPSA) is 69.4 Å². The van der Waals surface area contributed by atoms with Crippen molar-refractivity contribution < 1.29 is 14.5 Å². The van der Waals surface area contributed by atoms with E-state index < -0.39 is 4.92 Å². The van der Waals surface area contributed by atoms with E-state index in [1.165, 1.54) is 18.2 Å². The molecule has 5 heteroatoms. The molecule has 0 amide bonds. The molecule has 2 aromatic rings. The highest BCUT2D eigenvalue weighted by molar-refractivity contribution is 5.82. The van der Waals surface area contributed by atoms with Crippen LogP contribution < -0.4 is 4.74 Å². The maximum atomic E-state index is 10.8. The molecule has 5 nitrogen and oxygen atoms in total. The molecule has 0 radical (unpaired) electrons. The van der Waals surface area contributed by atoms with Gasteiger partial charge in [0.2, 0.25) is 0 Å². The zero-order valence-electron chi connectivity index (χ0n) is 12.2. The summed E-state index contributed by atoms with van der Waals surface area (Å²) < 4.78 is 5.60. The van der Waals surface area contributed by atoms with Crippen LogP contribution in [-0.2, 0) is 0 Å². The smallest absolute Gasteiger partial charge is 0.280 e. The third-order valence-corrected chi connectivity index (χ3v) is 2.64. The molecule has 0 aliphatic carbocycles. The standard InChI is InChI=1S/C14H11NO4.C2H6/c1-10-4-2-3-5-14(10)19-12-6-7-13(15(17)18)11(8-12)9-16;1-2/h2-9H,1H3;1-2H3. The van der Waals surface area contributed by atoms with Crippen LogP contribution in [0, 0.1) is 17.0 Å². The number of carbonyl (C=O) groups is 1. The van der Waals surface area contributed by atoms with Crippen molar-refractivity contribution in [3.8, 4) is 11.5 Å². The lowest BCUT2D eigenvalue weighted by Gasteiger charge is -2.08. The van der Waals surface area contributed by atoms with E-state index in [2.05, 4.69) is 0 Å². The van der Waals surface area contributed by atoms with Gasteiger partial charge in [0.1, 0.15) is 11.5 Å². The second-order valence-corrected chi connectivity index (χ2v) is 3.96. The van der Waals surface area contributed by atoms with Gasteiger partial charge in [-0.15, -0.1) is 0 Å². The summed E-state index contributed by atoms with van der Waals surface area (Å²) in [7, 11) is 0. The van der Waals surface area contributed by atoms with Crippen LogP contribution in [0.3, 0.4) is 0 Å². The van der Waals surface area contributed by atoms with Crippen LogP contribution in [0.4, 0.5) is 5.69 Å². The Kier molecular flexibility index (Phi) is 6.07. The summed E-state index contributed by atoms with van der Waals surface area (Å²) in [6.45, 7) is 5.89. The molecule has 0 aliphatic heterocycles. The van der Waals surface area contributed by atoms with Crippen molar-refractivity contribution >= 4 is 12.0 Å². The maximum absolute atomic E-state index is 10.8. The van der Waals surface area contributed by atoms with Gasteiger partial charge in [-0.2, -0.15) is 0 Å². The minimum absolute atomic E-state index is 0.00363. The zero-order chi connectivity index (χ0) is 15.8. The number of nitro benzene ring substituents is 1. The van der Waals surface area contributed by atoms with Crippen molar-refractivity contribution in [2.75, 3.05) is 0 Å². The molecule has 0 fully saturated rings. The monoisotopic (exact) mass is 287 g/mol. The highest BCUT2D eigenvalue weighted by atomic mass is 16.6. The van der Waals surface area contributed by atoms with Gasteiger partial charge < -0.3 is 4.74 Å². The van der Waals surface area contributed by atoms with Crippen molar-refractivity contribution in [1.29, 1.82) is 0 Å². The molecule has 2 aromatic carbocycles. The summed E-state index contributed by atoms with van der Waals surface area (Å²) >= 11 is 0. The highest BCUT2D eigenvalue weighted by Gasteiger charge is 2.14. The van der Waals surface area contributed by atoms with E-state index in [4.69, 9.17) is 4.74 Å². The Balaban J connectivity index is 0.00000106. The Bertz CT molecular complexity index is 638. The van der Waals surface area contributed by atoms with Crippen LogP contribution in [-0.4, -0.2) is 11.2 Å². The number of ether oxygens (including phenoxy) is 1. The molecule has 0 spiro atoms. The molecule has 0 N–H and O–H groups in total. The number of aryl methyl sites for hydroxylation is 1. The summed E-state index contributed by atoms with van der Waals surface area (Å²) in [5, 5.41) is 10.7. The molecule has 0 aliphatic rings. The number of benzene rings is 2. The average Bonchev–Trinajstić information content (AvgIpc) is 2.51. The molecule has 0 saturated carbocycles. The number of hydrogen-bond donors (Lipinski definition) is 0. The molecule has 0 bridgehead atoms.